The van der Waals surface area contributed by atoms with E-state index in [-0.39, 0.29) is 5.41 Å². The first kappa shape index (κ1) is 64.5. The number of hydrogen-bond acceptors (Lipinski definition) is 4. The molecule has 0 atom stereocenters. The van der Waals surface area contributed by atoms with Gasteiger partial charge in [0.2, 0.25) is 16.6 Å². The lowest BCUT2D eigenvalue weighted by Gasteiger charge is -2.27. The van der Waals surface area contributed by atoms with Crippen molar-refractivity contribution in [1.29, 1.82) is 0 Å². The molecule has 0 amide bonds. The average Bonchev–Trinajstić information content (AvgIpc) is 0.691. The van der Waals surface area contributed by atoms with E-state index in [1.165, 1.54) is 16.7 Å². The predicted molar refractivity (Wildman–Crippen MR) is 415 cm³/mol. The maximum absolute atomic E-state index is 9.75. The van der Waals surface area contributed by atoms with Gasteiger partial charge in [0, 0.05) is 91.5 Å². The van der Waals surface area contributed by atoms with Gasteiger partial charge in [0.25, 0.3) is 0 Å². The summed E-state index contributed by atoms with van der Waals surface area (Å²) in [7, 11) is -6.00. The minimum absolute atomic E-state index is 0.259. The van der Waals surface area contributed by atoms with Crippen LogP contribution in [0, 0.1) is 0 Å². The molecule has 0 spiro atoms. The SMILES string of the molecule is CC(C)(C)c1cc2c(-c3ccc(N(c4ccccc4)c4ccccc4)cc3)c(-c3ccc(N(c4ccccc4)c4ccccc4)cc3)c3cccc4c(-c5ccc(N(c6ccccc6)c6ccccc6)cc5)c(-c5ccc(N(c6ccccc6)c6ccccc6)cc5)c(c1)[n+]2c34.F[B-](F)(F)F. The fraction of sp³-hybridized carbons (Fsp3) is 0.0440. The normalized spacial score (nSPS) is 11.5. The van der Waals surface area contributed by atoms with Crippen molar-refractivity contribution >= 4 is 103 Å². The number of rotatable bonds is 16. The molecular formula is C91H70BF4N5. The standard InChI is InChI=1S/C91H70N5.BF4/c1-91(2,3)69-63-84-88(67-51-59-80(60-52-67)94(74-37-20-8-21-38-74)75-39-22-9-23-40-75)86(65-47-55-78(56-48-65)92(70-29-12-4-13-30-70)71-31-14-5-15-32-71)82-45-28-46-83-87(66-49-57-79(58-50-66)93(72-33-16-6-17-34-72)73-35-18-7-19-36-73)89(85(64-69)96(84)90(82)83)68-53-61-81(62-54-68)95(76-41-24-10-25-42-76)77-43-26-11-27-44-77;2-1(3,4)5/h4-64H,1-3H3;/q+1;-1. The Morgan fingerprint density at radius 2 is 0.426 bits per heavy atom. The minimum atomic E-state index is -6.00. The summed E-state index contributed by atoms with van der Waals surface area (Å²) < 4.78 is 41.6. The molecule has 0 bridgehead atoms. The molecular weight excluding hydrogens is 1250 g/mol. The molecule has 3 aromatic heterocycles. The molecule has 0 saturated carbocycles. The second-order valence-corrected chi connectivity index (χ2v) is 26.0. The van der Waals surface area contributed by atoms with Crippen molar-refractivity contribution in [3.05, 3.63) is 376 Å². The number of benzene rings is 13. The van der Waals surface area contributed by atoms with Gasteiger partial charge in [0.05, 0.1) is 21.9 Å². The number of halogens is 4. The Morgan fingerprint density at radius 1 is 0.238 bits per heavy atom. The van der Waals surface area contributed by atoms with Crippen molar-refractivity contribution in [1.82, 2.24) is 0 Å². The summed E-state index contributed by atoms with van der Waals surface area (Å²) in [6.45, 7) is 7.06. The van der Waals surface area contributed by atoms with Gasteiger partial charge in [-0.1, -0.05) is 221 Å². The lowest BCUT2D eigenvalue weighted by atomic mass is 9.81. The smallest absolute Gasteiger partial charge is 0.418 e. The van der Waals surface area contributed by atoms with E-state index in [2.05, 4.69) is 415 Å². The highest BCUT2D eigenvalue weighted by Gasteiger charge is 2.35. The summed E-state index contributed by atoms with van der Waals surface area (Å²) in [5.74, 6) is 0. The Balaban J connectivity index is 0.00000160. The van der Waals surface area contributed by atoms with Crippen molar-refractivity contribution in [2.75, 3.05) is 19.6 Å². The number of pyridine rings is 3. The van der Waals surface area contributed by atoms with Crippen LogP contribution >= 0.6 is 0 Å². The molecule has 10 heteroatoms. The number of anilines is 12. The van der Waals surface area contributed by atoms with Crippen LogP contribution in [0.2, 0.25) is 0 Å². The summed E-state index contributed by atoms with van der Waals surface area (Å²) in [5, 5.41) is 2.31. The van der Waals surface area contributed by atoms with Gasteiger partial charge in [0.1, 0.15) is 0 Å². The molecule has 0 aliphatic rings. The Hall–Kier alpha value is -12.5. The highest BCUT2D eigenvalue weighted by atomic mass is 19.5. The van der Waals surface area contributed by atoms with E-state index < -0.39 is 7.25 Å². The molecule has 16 rings (SSSR count). The summed E-state index contributed by atoms with van der Waals surface area (Å²) in [6, 6.07) is 135. The molecule has 13 aromatic carbocycles. The minimum Gasteiger partial charge on any atom is -0.418 e. The predicted octanol–water partition coefficient (Wildman–Crippen LogP) is 26.3. The van der Waals surface area contributed by atoms with Gasteiger partial charge in [-0.15, -0.1) is 0 Å². The van der Waals surface area contributed by atoms with E-state index in [0.29, 0.717) is 0 Å². The molecule has 0 aliphatic heterocycles. The summed E-state index contributed by atoms with van der Waals surface area (Å²) in [6.07, 6.45) is 0. The summed E-state index contributed by atoms with van der Waals surface area (Å²) in [4.78, 5) is 9.38. The Kier molecular flexibility index (Phi) is 17.7. The number of aromatic nitrogens is 1. The quantitative estimate of drug-likeness (QED) is 0.0415. The van der Waals surface area contributed by atoms with Gasteiger partial charge in [-0.2, -0.15) is 4.40 Å². The van der Waals surface area contributed by atoms with Crippen LogP contribution in [0.1, 0.15) is 26.3 Å². The Bertz CT molecular complexity index is 4960. The third kappa shape index (κ3) is 13.3. The Morgan fingerprint density at radius 3 is 0.624 bits per heavy atom. The largest absolute Gasteiger partial charge is 0.673 e. The van der Waals surface area contributed by atoms with Crippen molar-refractivity contribution in [2.45, 2.75) is 26.2 Å². The maximum Gasteiger partial charge on any atom is 0.673 e. The van der Waals surface area contributed by atoms with E-state index in [0.717, 1.165) is 129 Å². The lowest BCUT2D eigenvalue weighted by molar-refractivity contribution is -0.450. The molecule has 16 aromatic rings. The highest BCUT2D eigenvalue weighted by Crippen LogP contribution is 2.50. The van der Waals surface area contributed by atoms with Crippen LogP contribution in [0.15, 0.2) is 370 Å². The molecule has 101 heavy (non-hydrogen) atoms. The average molecular weight is 1320 g/mol. The molecule has 0 N–H and O–H groups in total. The topological polar surface area (TPSA) is 17.1 Å². The molecule has 0 saturated heterocycles. The molecule has 0 fully saturated rings. The van der Waals surface area contributed by atoms with Crippen LogP contribution < -0.4 is 24.0 Å². The molecule has 0 unspecified atom stereocenters. The van der Waals surface area contributed by atoms with Crippen LogP contribution in [0.25, 0.3) is 71.8 Å². The van der Waals surface area contributed by atoms with E-state index in [1.807, 2.05) is 0 Å². The zero-order valence-corrected chi connectivity index (χ0v) is 56.0. The number of hydrogen-bond donors (Lipinski definition) is 0. The van der Waals surface area contributed by atoms with E-state index >= 15 is 0 Å². The molecule has 0 aliphatic carbocycles. The van der Waals surface area contributed by atoms with E-state index in [1.54, 1.807) is 0 Å². The second kappa shape index (κ2) is 27.8. The molecule has 490 valence electrons. The highest BCUT2D eigenvalue weighted by molar-refractivity contribution is 6.50. The third-order valence-corrected chi connectivity index (χ3v) is 18.5. The van der Waals surface area contributed by atoms with Gasteiger partial charge in [0.15, 0.2) is 0 Å². The fourth-order valence-electron chi connectivity index (χ4n) is 14.0. The van der Waals surface area contributed by atoms with Gasteiger partial charge in [-0.05, 0) is 191 Å². The molecule has 3 heterocycles. The van der Waals surface area contributed by atoms with Crippen LogP contribution in [0.3, 0.4) is 0 Å². The lowest BCUT2D eigenvalue weighted by Crippen LogP contribution is -2.29. The maximum atomic E-state index is 9.75. The van der Waals surface area contributed by atoms with E-state index in [9.17, 15) is 17.3 Å². The first-order chi connectivity index (χ1) is 49.3. The third-order valence-electron chi connectivity index (χ3n) is 18.5. The monoisotopic (exact) mass is 1320 g/mol. The van der Waals surface area contributed by atoms with Crippen LogP contribution in [0.4, 0.5) is 85.5 Å². The van der Waals surface area contributed by atoms with Crippen LogP contribution in [-0.4, -0.2) is 7.25 Å². The van der Waals surface area contributed by atoms with Crippen LogP contribution in [0.5, 0.6) is 0 Å². The van der Waals surface area contributed by atoms with Crippen molar-refractivity contribution in [3.8, 4) is 44.5 Å². The fourth-order valence-corrected chi connectivity index (χ4v) is 14.0. The zero-order valence-electron chi connectivity index (χ0n) is 56.0. The van der Waals surface area contributed by atoms with E-state index in [4.69, 9.17) is 0 Å². The van der Waals surface area contributed by atoms with Crippen LogP contribution in [-0.2, 0) is 5.41 Å². The van der Waals surface area contributed by atoms with Gasteiger partial charge >= 0.3 is 7.25 Å². The Labute approximate surface area is 587 Å². The molecule has 5 nitrogen and oxygen atoms in total. The first-order valence-electron chi connectivity index (χ1n) is 33.9. The number of para-hydroxylation sites is 9. The van der Waals surface area contributed by atoms with Gasteiger partial charge in [-0.25, -0.2) is 0 Å². The van der Waals surface area contributed by atoms with Gasteiger partial charge < -0.3 is 36.9 Å². The first-order valence-corrected chi connectivity index (χ1v) is 33.9. The van der Waals surface area contributed by atoms with Crippen molar-refractivity contribution in [3.63, 3.8) is 0 Å². The van der Waals surface area contributed by atoms with Gasteiger partial charge in [-0.3, -0.25) is 0 Å². The van der Waals surface area contributed by atoms with Crippen molar-refractivity contribution < 1.29 is 21.7 Å². The second-order valence-electron chi connectivity index (χ2n) is 26.0. The number of nitrogens with zero attached hydrogens (tertiary/aromatic N) is 5. The van der Waals surface area contributed by atoms with Crippen molar-refractivity contribution in [2.24, 2.45) is 0 Å². The zero-order chi connectivity index (χ0) is 69.0. The summed E-state index contributed by atoms with van der Waals surface area (Å²) in [5.41, 5.74) is 26.5. The summed E-state index contributed by atoms with van der Waals surface area (Å²) >= 11 is 0. The molecule has 0 radical (unpaired) electrons.